The highest BCUT2D eigenvalue weighted by molar-refractivity contribution is 9.10. The van der Waals surface area contributed by atoms with Gasteiger partial charge >= 0.3 is 0 Å². The largest absolute Gasteiger partial charge is 0.362 e. The number of carbonyl (C=O) groups excluding carboxylic acids is 1. The number of halogens is 1. The van der Waals surface area contributed by atoms with Crippen LogP contribution in [0.15, 0.2) is 71.2 Å². The van der Waals surface area contributed by atoms with E-state index >= 15 is 0 Å². The molecule has 1 unspecified atom stereocenters. The van der Waals surface area contributed by atoms with Crippen LogP contribution in [0.25, 0.3) is 0 Å². The summed E-state index contributed by atoms with van der Waals surface area (Å²) in [5, 5.41) is 14.2. The van der Waals surface area contributed by atoms with Gasteiger partial charge in [0.25, 0.3) is 5.91 Å². The van der Waals surface area contributed by atoms with Crippen molar-refractivity contribution in [2.75, 3.05) is 10.6 Å². The van der Waals surface area contributed by atoms with Crippen molar-refractivity contribution in [3.63, 3.8) is 0 Å². The van der Waals surface area contributed by atoms with E-state index in [-0.39, 0.29) is 11.9 Å². The Bertz CT molecular complexity index is 836. The Morgan fingerprint density at radius 3 is 2.20 bits per heavy atom. The molecule has 1 atom stereocenters. The van der Waals surface area contributed by atoms with Crippen molar-refractivity contribution >= 4 is 33.5 Å². The number of benzene rings is 2. The van der Waals surface area contributed by atoms with Crippen molar-refractivity contribution in [1.82, 2.24) is 10.2 Å². The van der Waals surface area contributed by atoms with E-state index in [0.717, 1.165) is 10.0 Å². The first-order chi connectivity index (χ1) is 12.1. The zero-order valence-corrected chi connectivity index (χ0v) is 15.2. The van der Waals surface area contributed by atoms with Gasteiger partial charge in [0.2, 0.25) is 0 Å². The maximum Gasteiger partial charge on any atom is 0.256 e. The Morgan fingerprint density at radius 2 is 1.56 bits per heavy atom. The minimum absolute atomic E-state index is 0.110. The van der Waals surface area contributed by atoms with E-state index in [2.05, 4.69) is 55.8 Å². The van der Waals surface area contributed by atoms with Gasteiger partial charge in [-0.25, -0.2) is 0 Å². The summed E-state index contributed by atoms with van der Waals surface area (Å²) >= 11 is 3.34. The highest BCUT2D eigenvalue weighted by Crippen LogP contribution is 2.18. The van der Waals surface area contributed by atoms with Gasteiger partial charge in [-0.05, 0) is 48.9 Å². The van der Waals surface area contributed by atoms with Crippen LogP contribution in [0.3, 0.4) is 0 Å². The number of amides is 1. The fraction of sp³-hybridized carbons (Fsp3) is 0.105. The number of rotatable bonds is 5. The summed E-state index contributed by atoms with van der Waals surface area (Å²) in [7, 11) is 0. The van der Waals surface area contributed by atoms with Crippen molar-refractivity contribution < 1.29 is 4.79 Å². The molecule has 1 aromatic heterocycles. The van der Waals surface area contributed by atoms with Crippen molar-refractivity contribution in [1.29, 1.82) is 0 Å². The van der Waals surface area contributed by atoms with E-state index in [9.17, 15) is 4.79 Å². The predicted octanol–water partition coefficient (Wildman–Crippen LogP) is 4.66. The van der Waals surface area contributed by atoms with Crippen LogP contribution in [-0.2, 0) is 0 Å². The van der Waals surface area contributed by atoms with Crippen LogP contribution >= 0.6 is 15.9 Å². The minimum Gasteiger partial charge on any atom is -0.362 e. The first-order valence-electron chi connectivity index (χ1n) is 7.84. The van der Waals surface area contributed by atoms with Gasteiger partial charge < -0.3 is 10.6 Å². The number of hydrogen-bond acceptors (Lipinski definition) is 4. The fourth-order valence-corrected chi connectivity index (χ4v) is 2.58. The van der Waals surface area contributed by atoms with Crippen molar-refractivity contribution in [3.8, 4) is 0 Å². The summed E-state index contributed by atoms with van der Waals surface area (Å²) in [6, 6.07) is 20.8. The van der Waals surface area contributed by atoms with Gasteiger partial charge in [0, 0.05) is 16.1 Å². The Morgan fingerprint density at radius 1 is 0.920 bits per heavy atom. The molecule has 2 N–H and O–H groups in total. The van der Waals surface area contributed by atoms with Crippen LogP contribution in [0.4, 0.5) is 11.6 Å². The van der Waals surface area contributed by atoms with Gasteiger partial charge in [-0.3, -0.25) is 4.79 Å². The van der Waals surface area contributed by atoms with Crippen molar-refractivity contribution in [2.24, 2.45) is 0 Å². The van der Waals surface area contributed by atoms with Gasteiger partial charge in [-0.2, -0.15) is 0 Å². The Labute approximate surface area is 154 Å². The summed E-state index contributed by atoms with van der Waals surface area (Å²) < 4.78 is 0.923. The summed E-state index contributed by atoms with van der Waals surface area (Å²) in [5.41, 5.74) is 1.72. The molecule has 3 aromatic rings. The highest BCUT2D eigenvalue weighted by atomic mass is 79.9. The van der Waals surface area contributed by atoms with Crippen LogP contribution in [0.5, 0.6) is 0 Å². The summed E-state index contributed by atoms with van der Waals surface area (Å²) in [4.78, 5) is 12.2. The second-order valence-corrected chi connectivity index (χ2v) is 6.46. The van der Waals surface area contributed by atoms with E-state index in [1.165, 1.54) is 0 Å². The lowest BCUT2D eigenvalue weighted by molar-refractivity contribution is 0.102. The molecule has 0 fully saturated rings. The fourth-order valence-electron chi connectivity index (χ4n) is 2.31. The van der Waals surface area contributed by atoms with Gasteiger partial charge in [0.1, 0.15) is 5.82 Å². The molecule has 0 saturated heterocycles. The first-order valence-corrected chi connectivity index (χ1v) is 8.63. The van der Waals surface area contributed by atoms with Crippen LogP contribution < -0.4 is 10.6 Å². The lowest BCUT2D eigenvalue weighted by atomic mass is 10.1. The smallest absolute Gasteiger partial charge is 0.256 e. The normalized spacial score (nSPS) is 11.6. The third kappa shape index (κ3) is 4.64. The quantitative estimate of drug-likeness (QED) is 0.657. The van der Waals surface area contributed by atoms with E-state index in [4.69, 9.17) is 0 Å². The van der Waals surface area contributed by atoms with Crippen molar-refractivity contribution in [3.05, 3.63) is 82.3 Å². The van der Waals surface area contributed by atoms with Crippen LogP contribution in [0.1, 0.15) is 28.9 Å². The molecule has 1 heterocycles. The molecule has 126 valence electrons. The number of anilines is 2. The zero-order valence-electron chi connectivity index (χ0n) is 13.6. The lowest BCUT2D eigenvalue weighted by Gasteiger charge is -2.14. The number of carbonyl (C=O) groups is 1. The topological polar surface area (TPSA) is 66.9 Å². The monoisotopic (exact) mass is 396 g/mol. The molecule has 5 nitrogen and oxygen atoms in total. The maximum absolute atomic E-state index is 12.2. The van der Waals surface area contributed by atoms with Gasteiger partial charge in [-0.1, -0.05) is 46.3 Å². The van der Waals surface area contributed by atoms with Gasteiger partial charge in [0.15, 0.2) is 5.82 Å². The van der Waals surface area contributed by atoms with Gasteiger partial charge in [-0.15, -0.1) is 10.2 Å². The summed E-state index contributed by atoms with van der Waals surface area (Å²) in [5.74, 6) is 0.837. The minimum atomic E-state index is -0.222. The molecule has 6 heteroatoms. The second-order valence-electron chi connectivity index (χ2n) is 5.54. The number of nitrogens with zero attached hydrogens (tertiary/aromatic N) is 2. The third-order valence-electron chi connectivity index (χ3n) is 3.68. The number of aromatic nitrogens is 2. The lowest BCUT2D eigenvalue weighted by Crippen LogP contribution is -2.14. The van der Waals surface area contributed by atoms with E-state index < -0.39 is 0 Å². The predicted molar refractivity (Wildman–Crippen MR) is 103 cm³/mol. The molecular formula is C19H17BrN4O. The Balaban J connectivity index is 1.62. The summed E-state index contributed by atoms with van der Waals surface area (Å²) in [6.07, 6.45) is 0. The first kappa shape index (κ1) is 17.1. The van der Waals surface area contributed by atoms with Crippen LogP contribution in [-0.4, -0.2) is 16.1 Å². The molecule has 1 amide bonds. The standard InChI is InChI=1S/C19H17BrN4O/c1-13(14-5-3-2-4-6-14)21-17-11-12-18(24-23-17)22-19(25)15-7-9-16(20)10-8-15/h2-13H,1H3,(H,21,23)(H,22,24,25). The van der Waals surface area contributed by atoms with E-state index in [0.29, 0.717) is 17.2 Å². The molecular weight excluding hydrogens is 380 g/mol. The molecule has 0 aliphatic carbocycles. The third-order valence-corrected chi connectivity index (χ3v) is 4.21. The van der Waals surface area contributed by atoms with Crippen molar-refractivity contribution in [2.45, 2.75) is 13.0 Å². The van der Waals surface area contributed by atoms with Crippen LogP contribution in [0.2, 0.25) is 0 Å². The molecule has 0 spiro atoms. The Kier molecular flexibility index (Phi) is 5.40. The molecule has 0 saturated carbocycles. The second kappa shape index (κ2) is 7.90. The number of hydrogen-bond donors (Lipinski definition) is 2. The average molecular weight is 397 g/mol. The van der Waals surface area contributed by atoms with E-state index in [1.54, 1.807) is 24.3 Å². The van der Waals surface area contributed by atoms with Gasteiger partial charge in [0.05, 0.1) is 0 Å². The average Bonchev–Trinajstić information content (AvgIpc) is 2.64. The molecule has 0 radical (unpaired) electrons. The number of nitrogens with one attached hydrogen (secondary N) is 2. The molecule has 25 heavy (non-hydrogen) atoms. The molecule has 0 aliphatic rings. The SMILES string of the molecule is CC(Nc1ccc(NC(=O)c2ccc(Br)cc2)nn1)c1ccccc1. The van der Waals surface area contributed by atoms with Crippen LogP contribution in [0, 0.1) is 0 Å². The Hall–Kier alpha value is -2.73. The zero-order chi connectivity index (χ0) is 17.6. The molecule has 2 aromatic carbocycles. The maximum atomic E-state index is 12.2. The van der Waals surface area contributed by atoms with E-state index in [1.807, 2.05) is 30.3 Å². The summed E-state index contributed by atoms with van der Waals surface area (Å²) in [6.45, 7) is 2.06. The molecule has 0 aliphatic heterocycles. The molecule has 3 rings (SSSR count). The molecule has 0 bridgehead atoms. The highest BCUT2D eigenvalue weighted by Gasteiger charge is 2.09.